The maximum absolute atomic E-state index is 14.4. The number of thiazole rings is 1. The maximum Gasteiger partial charge on any atom is 0.371 e. The van der Waals surface area contributed by atoms with E-state index in [-0.39, 0.29) is 27.7 Å². The number of rotatable bonds is 7. The van der Waals surface area contributed by atoms with Crippen LogP contribution < -0.4 is 10.1 Å². The summed E-state index contributed by atoms with van der Waals surface area (Å²) in [5.74, 6) is -5.98. The van der Waals surface area contributed by atoms with Crippen LogP contribution in [0, 0.1) is 17.5 Å². The highest BCUT2D eigenvalue weighted by Crippen LogP contribution is 2.31. The summed E-state index contributed by atoms with van der Waals surface area (Å²) in [4.78, 5) is 27.5. The zero-order valence-corrected chi connectivity index (χ0v) is 17.4. The predicted molar refractivity (Wildman–Crippen MR) is 111 cm³/mol. The van der Waals surface area contributed by atoms with Crippen LogP contribution in [-0.2, 0) is 9.53 Å². The number of hydrogen-bond donors (Lipinski definition) is 2. The first-order chi connectivity index (χ1) is 15.2. The van der Waals surface area contributed by atoms with Crippen LogP contribution in [0.25, 0.3) is 17.3 Å². The van der Waals surface area contributed by atoms with Gasteiger partial charge in [-0.15, -0.1) is 11.3 Å². The third-order valence-electron chi connectivity index (χ3n) is 4.23. The molecule has 0 spiro atoms. The summed E-state index contributed by atoms with van der Waals surface area (Å²) in [6.07, 6.45) is 0.671. The Bertz CT molecular complexity index is 1200. The molecule has 3 rings (SSSR count). The van der Waals surface area contributed by atoms with Gasteiger partial charge in [0.15, 0.2) is 16.7 Å². The standard InChI is InChI=1S/C21H15F3N2O5S/c1-30-16-5-3-4-11(18(16)24)15-9-32-21(25-15)26-19(27)10-6-13(22)12(14(23)7-10)8-17(31-2)20(28)29/h3-9H,1-2H3,(H,28,29)(H,25,26,27)/b17-8-. The summed E-state index contributed by atoms with van der Waals surface area (Å²) in [6, 6.07) is 6.00. The Labute approximate surface area is 183 Å². The number of anilines is 1. The van der Waals surface area contributed by atoms with Crippen LogP contribution in [0.15, 0.2) is 41.5 Å². The van der Waals surface area contributed by atoms with Crippen molar-refractivity contribution in [2.24, 2.45) is 0 Å². The minimum Gasteiger partial charge on any atom is -0.494 e. The molecule has 2 N–H and O–H groups in total. The van der Waals surface area contributed by atoms with Crippen LogP contribution in [0.2, 0.25) is 0 Å². The normalized spacial score (nSPS) is 11.2. The highest BCUT2D eigenvalue weighted by atomic mass is 32.1. The number of carbonyl (C=O) groups excluding carboxylic acids is 1. The van der Waals surface area contributed by atoms with Gasteiger partial charge in [0.25, 0.3) is 5.91 Å². The van der Waals surface area contributed by atoms with Gasteiger partial charge in [0.2, 0.25) is 5.76 Å². The van der Waals surface area contributed by atoms with Gasteiger partial charge in [-0.25, -0.2) is 22.9 Å². The fourth-order valence-electron chi connectivity index (χ4n) is 2.68. The molecule has 0 radical (unpaired) electrons. The average molecular weight is 464 g/mol. The molecular formula is C21H15F3N2O5S. The quantitative estimate of drug-likeness (QED) is 0.393. The second-order valence-electron chi connectivity index (χ2n) is 6.19. The van der Waals surface area contributed by atoms with Crippen molar-refractivity contribution in [1.82, 2.24) is 4.98 Å². The highest BCUT2D eigenvalue weighted by Gasteiger charge is 2.19. The zero-order chi connectivity index (χ0) is 23.4. The van der Waals surface area contributed by atoms with Crippen LogP contribution in [0.1, 0.15) is 15.9 Å². The molecular weight excluding hydrogens is 449 g/mol. The molecule has 3 aromatic rings. The van der Waals surface area contributed by atoms with E-state index in [9.17, 15) is 22.8 Å². The van der Waals surface area contributed by atoms with E-state index < -0.39 is 40.7 Å². The summed E-state index contributed by atoms with van der Waals surface area (Å²) in [5.41, 5.74) is -0.649. The first-order valence-corrected chi connectivity index (χ1v) is 9.70. The topological polar surface area (TPSA) is 97.8 Å². The molecule has 1 heterocycles. The lowest BCUT2D eigenvalue weighted by Crippen LogP contribution is -2.13. The highest BCUT2D eigenvalue weighted by molar-refractivity contribution is 7.14. The number of carboxylic acid groups (broad SMARTS) is 1. The number of hydrogen-bond acceptors (Lipinski definition) is 6. The van der Waals surface area contributed by atoms with Gasteiger partial charge in [0.1, 0.15) is 11.6 Å². The van der Waals surface area contributed by atoms with Gasteiger partial charge in [-0.2, -0.15) is 0 Å². The van der Waals surface area contributed by atoms with Crippen molar-refractivity contribution in [3.05, 3.63) is 70.0 Å². The van der Waals surface area contributed by atoms with E-state index in [4.69, 9.17) is 9.84 Å². The second-order valence-corrected chi connectivity index (χ2v) is 7.04. The molecule has 166 valence electrons. The Morgan fingerprint density at radius 3 is 2.44 bits per heavy atom. The molecule has 0 saturated heterocycles. The van der Waals surface area contributed by atoms with Crippen molar-refractivity contribution in [3.63, 3.8) is 0 Å². The molecule has 0 atom stereocenters. The number of benzene rings is 2. The van der Waals surface area contributed by atoms with Crippen LogP contribution in [0.3, 0.4) is 0 Å². The van der Waals surface area contributed by atoms with Crippen LogP contribution in [-0.4, -0.2) is 36.2 Å². The molecule has 0 aliphatic heterocycles. The SMILES string of the molecule is CO/C(=C\c1c(F)cc(C(=O)Nc2nc(-c3cccc(OC)c3F)cs2)cc1F)C(=O)O. The summed E-state index contributed by atoms with van der Waals surface area (Å²) in [7, 11) is 2.36. The summed E-state index contributed by atoms with van der Waals surface area (Å²) in [5, 5.41) is 12.9. The average Bonchev–Trinajstić information content (AvgIpc) is 3.21. The van der Waals surface area contributed by atoms with Crippen molar-refractivity contribution in [3.8, 4) is 17.0 Å². The zero-order valence-electron chi connectivity index (χ0n) is 16.6. The minimum absolute atomic E-state index is 0.0284. The Hall–Kier alpha value is -3.86. The van der Waals surface area contributed by atoms with Crippen molar-refractivity contribution in [2.45, 2.75) is 0 Å². The summed E-state index contributed by atoms with van der Waals surface area (Å²) in [6.45, 7) is 0. The molecule has 0 unspecified atom stereocenters. The molecule has 1 amide bonds. The van der Waals surface area contributed by atoms with Gasteiger partial charge in [-0.05, 0) is 24.3 Å². The number of nitrogens with one attached hydrogen (secondary N) is 1. The van der Waals surface area contributed by atoms with E-state index in [0.717, 1.165) is 30.6 Å². The summed E-state index contributed by atoms with van der Waals surface area (Å²) < 4.78 is 52.5. The lowest BCUT2D eigenvalue weighted by Gasteiger charge is -2.07. The number of methoxy groups -OCH3 is 2. The van der Waals surface area contributed by atoms with Gasteiger partial charge in [-0.3, -0.25) is 10.1 Å². The fraction of sp³-hybridized carbons (Fsp3) is 0.0952. The monoisotopic (exact) mass is 464 g/mol. The van der Waals surface area contributed by atoms with Gasteiger partial charge in [0.05, 0.1) is 19.9 Å². The molecule has 2 aromatic carbocycles. The molecule has 0 aliphatic carbocycles. The third-order valence-corrected chi connectivity index (χ3v) is 4.99. The largest absolute Gasteiger partial charge is 0.494 e. The van der Waals surface area contributed by atoms with E-state index in [1.54, 1.807) is 6.07 Å². The molecule has 0 bridgehead atoms. The van der Waals surface area contributed by atoms with Crippen LogP contribution >= 0.6 is 11.3 Å². The number of ether oxygens (including phenoxy) is 2. The Morgan fingerprint density at radius 2 is 1.84 bits per heavy atom. The number of amides is 1. The van der Waals surface area contributed by atoms with Gasteiger partial charge < -0.3 is 14.6 Å². The molecule has 11 heteroatoms. The minimum atomic E-state index is -1.51. The molecule has 32 heavy (non-hydrogen) atoms. The fourth-order valence-corrected chi connectivity index (χ4v) is 3.39. The van der Waals surface area contributed by atoms with Crippen LogP contribution in [0.5, 0.6) is 5.75 Å². The lowest BCUT2D eigenvalue weighted by atomic mass is 10.1. The van der Waals surface area contributed by atoms with Gasteiger partial charge in [0, 0.05) is 28.1 Å². The number of carboxylic acids is 1. The molecule has 1 aromatic heterocycles. The Balaban J connectivity index is 1.84. The number of halogens is 3. The van der Waals surface area contributed by atoms with E-state index in [2.05, 4.69) is 15.0 Å². The predicted octanol–water partition coefficient (Wildman–Crippen LogP) is 4.56. The Kier molecular flexibility index (Phi) is 6.79. The molecule has 0 fully saturated rings. The smallest absolute Gasteiger partial charge is 0.371 e. The number of aliphatic carboxylic acids is 1. The van der Waals surface area contributed by atoms with Crippen molar-refractivity contribution >= 4 is 34.4 Å². The van der Waals surface area contributed by atoms with Gasteiger partial charge >= 0.3 is 5.97 Å². The molecule has 7 nitrogen and oxygen atoms in total. The van der Waals surface area contributed by atoms with E-state index in [1.807, 2.05) is 0 Å². The van der Waals surface area contributed by atoms with Crippen molar-refractivity contribution in [1.29, 1.82) is 0 Å². The first kappa shape index (κ1) is 22.8. The number of nitrogens with zero attached hydrogens (tertiary/aromatic N) is 1. The number of aromatic nitrogens is 1. The molecule has 0 saturated carbocycles. The number of carbonyl (C=O) groups is 2. The molecule has 0 aliphatic rings. The van der Waals surface area contributed by atoms with Crippen molar-refractivity contribution in [2.75, 3.05) is 19.5 Å². The Morgan fingerprint density at radius 1 is 1.16 bits per heavy atom. The second kappa shape index (κ2) is 9.52. The third kappa shape index (κ3) is 4.72. The van der Waals surface area contributed by atoms with Crippen molar-refractivity contribution < 1.29 is 37.3 Å². The van der Waals surface area contributed by atoms with E-state index in [1.165, 1.54) is 24.6 Å². The van der Waals surface area contributed by atoms with Gasteiger partial charge in [-0.1, -0.05) is 6.07 Å². The lowest BCUT2D eigenvalue weighted by molar-refractivity contribution is -0.135. The summed E-state index contributed by atoms with van der Waals surface area (Å²) >= 11 is 0.986. The van der Waals surface area contributed by atoms with Crippen LogP contribution in [0.4, 0.5) is 18.3 Å². The van der Waals surface area contributed by atoms with E-state index in [0.29, 0.717) is 6.08 Å². The maximum atomic E-state index is 14.4. The van der Waals surface area contributed by atoms with E-state index >= 15 is 0 Å². The first-order valence-electron chi connectivity index (χ1n) is 8.83.